The number of aliphatic carboxylic acids is 1. The van der Waals surface area contributed by atoms with Crippen molar-refractivity contribution in [2.45, 2.75) is 32.1 Å². The Labute approximate surface area is 87.6 Å². The minimum atomic E-state index is -0.597. The van der Waals surface area contributed by atoms with Gasteiger partial charge < -0.3 is 5.11 Å². The van der Waals surface area contributed by atoms with E-state index >= 15 is 0 Å². The predicted molar refractivity (Wildman–Crippen MR) is 56.6 cm³/mol. The monoisotopic (exact) mass is 210 g/mol. The maximum atomic E-state index is 11.1. The van der Waals surface area contributed by atoms with E-state index in [4.69, 9.17) is 5.11 Å². The summed E-state index contributed by atoms with van der Waals surface area (Å²) in [4.78, 5) is 12.4. The lowest BCUT2D eigenvalue weighted by atomic mass is 9.66. The van der Waals surface area contributed by atoms with Gasteiger partial charge in [-0.1, -0.05) is 12.5 Å². The zero-order valence-electron chi connectivity index (χ0n) is 8.03. The van der Waals surface area contributed by atoms with Crippen molar-refractivity contribution in [3.05, 3.63) is 22.4 Å². The summed E-state index contributed by atoms with van der Waals surface area (Å²) >= 11 is 1.72. The second kappa shape index (κ2) is 3.73. The van der Waals surface area contributed by atoms with Gasteiger partial charge in [-0.05, 0) is 37.1 Å². The normalized spacial score (nSPS) is 18.9. The van der Waals surface area contributed by atoms with Crippen LogP contribution in [-0.2, 0) is 11.2 Å². The van der Waals surface area contributed by atoms with Gasteiger partial charge in [0.1, 0.15) is 0 Å². The summed E-state index contributed by atoms with van der Waals surface area (Å²) in [7, 11) is 0. The maximum absolute atomic E-state index is 11.1. The number of hydrogen-bond donors (Lipinski definition) is 1. The summed E-state index contributed by atoms with van der Waals surface area (Å²) in [5.74, 6) is -0.597. The molecule has 3 heteroatoms. The predicted octanol–water partition coefficient (Wildman–Crippen LogP) is 2.94. The molecule has 1 aromatic heterocycles. The zero-order chi connectivity index (χ0) is 10.0. The molecule has 1 saturated carbocycles. The highest BCUT2D eigenvalue weighted by atomic mass is 32.1. The first-order valence-corrected chi connectivity index (χ1v) is 5.87. The molecule has 2 nitrogen and oxygen atoms in total. The van der Waals surface area contributed by atoms with Crippen LogP contribution in [0.3, 0.4) is 0 Å². The van der Waals surface area contributed by atoms with Crippen molar-refractivity contribution < 1.29 is 9.90 Å². The molecular weight excluding hydrogens is 196 g/mol. The highest BCUT2D eigenvalue weighted by Crippen LogP contribution is 2.45. The molecule has 0 unspecified atom stereocenters. The van der Waals surface area contributed by atoms with Crippen molar-refractivity contribution in [2.24, 2.45) is 5.41 Å². The molecule has 0 aromatic carbocycles. The molecule has 0 spiro atoms. The first kappa shape index (κ1) is 9.71. The van der Waals surface area contributed by atoms with Crippen molar-refractivity contribution in [2.75, 3.05) is 0 Å². The molecule has 1 heterocycles. The summed E-state index contributed by atoms with van der Waals surface area (Å²) in [6.45, 7) is 0. The Hall–Kier alpha value is -0.830. The van der Waals surface area contributed by atoms with Crippen molar-refractivity contribution in [3.63, 3.8) is 0 Å². The van der Waals surface area contributed by atoms with Gasteiger partial charge in [-0.3, -0.25) is 4.79 Å². The van der Waals surface area contributed by atoms with Crippen LogP contribution in [0.1, 0.15) is 30.6 Å². The molecule has 0 atom stereocenters. The summed E-state index contributed by atoms with van der Waals surface area (Å²) in [6, 6.07) is 4.10. The van der Waals surface area contributed by atoms with E-state index in [0.29, 0.717) is 0 Å². The molecule has 2 rings (SSSR count). The fourth-order valence-electron chi connectivity index (χ4n) is 1.99. The third-order valence-electron chi connectivity index (χ3n) is 3.19. The SMILES string of the molecule is O=C(O)C1(CCc2cccs2)CCC1. The lowest BCUT2D eigenvalue weighted by molar-refractivity contribution is -0.155. The molecule has 0 aliphatic heterocycles. The number of carboxylic acids is 1. The van der Waals surface area contributed by atoms with E-state index in [0.717, 1.165) is 32.1 Å². The Morgan fingerprint density at radius 2 is 2.36 bits per heavy atom. The van der Waals surface area contributed by atoms with Crippen LogP contribution in [0.5, 0.6) is 0 Å². The average molecular weight is 210 g/mol. The Morgan fingerprint density at radius 3 is 2.79 bits per heavy atom. The van der Waals surface area contributed by atoms with E-state index < -0.39 is 5.97 Å². The molecule has 0 amide bonds. The van der Waals surface area contributed by atoms with Crippen LogP contribution in [0.2, 0.25) is 0 Å². The molecular formula is C11H14O2S. The number of rotatable bonds is 4. The van der Waals surface area contributed by atoms with E-state index in [1.165, 1.54) is 4.88 Å². The number of hydrogen-bond acceptors (Lipinski definition) is 2. The van der Waals surface area contributed by atoms with E-state index in [-0.39, 0.29) is 5.41 Å². The Balaban J connectivity index is 1.93. The summed E-state index contributed by atoms with van der Waals surface area (Å²) in [6.07, 6.45) is 4.55. The van der Waals surface area contributed by atoms with Crippen LogP contribution in [0.4, 0.5) is 0 Å². The van der Waals surface area contributed by atoms with E-state index in [1.54, 1.807) is 11.3 Å². The maximum Gasteiger partial charge on any atom is 0.309 e. The second-order valence-electron chi connectivity index (χ2n) is 4.02. The van der Waals surface area contributed by atoms with Gasteiger partial charge in [-0.15, -0.1) is 11.3 Å². The van der Waals surface area contributed by atoms with Crippen LogP contribution in [-0.4, -0.2) is 11.1 Å². The fraction of sp³-hybridized carbons (Fsp3) is 0.545. The third kappa shape index (κ3) is 1.69. The third-order valence-corrected chi connectivity index (χ3v) is 4.13. The lowest BCUT2D eigenvalue weighted by Crippen LogP contribution is -2.38. The Kier molecular flexibility index (Phi) is 2.59. The number of thiophene rings is 1. The first-order chi connectivity index (χ1) is 6.73. The summed E-state index contributed by atoms with van der Waals surface area (Å²) in [5, 5.41) is 11.2. The largest absolute Gasteiger partial charge is 0.481 e. The van der Waals surface area contributed by atoms with Crippen LogP contribution < -0.4 is 0 Å². The van der Waals surface area contributed by atoms with Gasteiger partial charge in [0, 0.05) is 4.88 Å². The molecule has 1 aromatic rings. The van der Waals surface area contributed by atoms with Gasteiger partial charge in [0.25, 0.3) is 0 Å². The highest BCUT2D eigenvalue weighted by molar-refractivity contribution is 7.09. The van der Waals surface area contributed by atoms with E-state index in [2.05, 4.69) is 6.07 Å². The van der Waals surface area contributed by atoms with Gasteiger partial charge in [-0.2, -0.15) is 0 Å². The molecule has 14 heavy (non-hydrogen) atoms. The second-order valence-corrected chi connectivity index (χ2v) is 5.05. The molecule has 1 fully saturated rings. The van der Waals surface area contributed by atoms with Crippen LogP contribution in [0.15, 0.2) is 17.5 Å². The van der Waals surface area contributed by atoms with Crippen LogP contribution >= 0.6 is 11.3 Å². The van der Waals surface area contributed by atoms with E-state index in [1.807, 2.05) is 11.4 Å². The van der Waals surface area contributed by atoms with Gasteiger partial charge >= 0.3 is 5.97 Å². The molecule has 0 bridgehead atoms. The zero-order valence-corrected chi connectivity index (χ0v) is 8.85. The lowest BCUT2D eigenvalue weighted by Gasteiger charge is -2.37. The van der Waals surface area contributed by atoms with Crippen molar-refractivity contribution in [1.29, 1.82) is 0 Å². The highest BCUT2D eigenvalue weighted by Gasteiger charge is 2.43. The fourth-order valence-corrected chi connectivity index (χ4v) is 2.70. The first-order valence-electron chi connectivity index (χ1n) is 4.99. The number of carbonyl (C=O) groups is 1. The van der Waals surface area contributed by atoms with Crippen molar-refractivity contribution in [3.8, 4) is 0 Å². The summed E-state index contributed by atoms with van der Waals surface area (Å²) < 4.78 is 0. The molecule has 0 saturated heterocycles. The van der Waals surface area contributed by atoms with Crippen molar-refractivity contribution >= 4 is 17.3 Å². The Morgan fingerprint density at radius 1 is 1.57 bits per heavy atom. The topological polar surface area (TPSA) is 37.3 Å². The van der Waals surface area contributed by atoms with Crippen LogP contribution in [0.25, 0.3) is 0 Å². The molecule has 76 valence electrons. The van der Waals surface area contributed by atoms with Gasteiger partial charge in [-0.25, -0.2) is 0 Å². The average Bonchev–Trinajstić information content (AvgIpc) is 2.53. The van der Waals surface area contributed by atoms with Gasteiger partial charge in [0.05, 0.1) is 5.41 Å². The minimum absolute atomic E-state index is 0.385. The molecule has 1 aliphatic rings. The van der Waals surface area contributed by atoms with Gasteiger partial charge in [0.15, 0.2) is 0 Å². The van der Waals surface area contributed by atoms with E-state index in [9.17, 15) is 4.79 Å². The minimum Gasteiger partial charge on any atom is -0.481 e. The number of carboxylic acid groups (broad SMARTS) is 1. The van der Waals surface area contributed by atoms with Crippen molar-refractivity contribution in [1.82, 2.24) is 0 Å². The molecule has 0 radical (unpaired) electrons. The summed E-state index contributed by atoms with van der Waals surface area (Å²) in [5.41, 5.74) is -0.385. The smallest absolute Gasteiger partial charge is 0.309 e. The molecule has 1 N–H and O–H groups in total. The number of aryl methyl sites for hydroxylation is 1. The quantitative estimate of drug-likeness (QED) is 0.829. The standard InChI is InChI=1S/C11H14O2S/c12-10(13)11(5-2-6-11)7-4-9-3-1-8-14-9/h1,3,8H,2,4-7H2,(H,12,13). The van der Waals surface area contributed by atoms with Gasteiger partial charge in [0.2, 0.25) is 0 Å². The molecule has 1 aliphatic carbocycles. The Bertz CT molecular complexity index is 312. The van der Waals surface area contributed by atoms with Crippen LogP contribution in [0, 0.1) is 5.41 Å².